The van der Waals surface area contributed by atoms with E-state index in [0.29, 0.717) is 13.0 Å². The fraction of sp³-hybridized carbons (Fsp3) is 0.625. The number of benzene rings is 1. The molecule has 1 spiro atoms. The number of nitrogens with zero attached hydrogens (tertiary/aromatic N) is 1. The molecule has 3 heterocycles. The minimum atomic E-state index is -0.751. The second-order valence-electron chi connectivity index (χ2n) is 9.13. The van der Waals surface area contributed by atoms with Crippen LogP contribution in [0.2, 0.25) is 0 Å². The van der Waals surface area contributed by atoms with Gasteiger partial charge in [-0.3, -0.25) is 14.4 Å². The number of thioether (sulfide) groups is 1. The zero-order chi connectivity index (χ0) is 23.8. The third kappa shape index (κ3) is 4.00. The van der Waals surface area contributed by atoms with Crippen molar-refractivity contribution in [2.24, 2.45) is 11.8 Å². The molecule has 3 unspecified atom stereocenters. The Hall–Kier alpha value is -1.58. The number of amides is 3. The number of aliphatic hydroxyl groups is 1. The number of rotatable bonds is 9. The molecule has 3 amide bonds. The molecule has 180 valence electrons. The van der Waals surface area contributed by atoms with E-state index in [2.05, 4.69) is 33.5 Å². The van der Waals surface area contributed by atoms with Crippen molar-refractivity contribution in [3.05, 3.63) is 35.9 Å². The summed E-state index contributed by atoms with van der Waals surface area (Å²) < 4.78 is -0.704. The summed E-state index contributed by atoms with van der Waals surface area (Å²) in [5.41, 5.74) is 0.778. The number of nitrogens with one attached hydrogen (secondary N) is 2. The summed E-state index contributed by atoms with van der Waals surface area (Å²) in [6.45, 7) is 2.36. The van der Waals surface area contributed by atoms with Crippen LogP contribution in [0.3, 0.4) is 0 Å². The average molecular weight is 539 g/mol. The van der Waals surface area contributed by atoms with Crippen LogP contribution in [0.25, 0.3) is 0 Å². The molecule has 7 nitrogen and oxygen atoms in total. The van der Waals surface area contributed by atoms with E-state index in [1.54, 1.807) is 23.7 Å². The molecule has 0 aliphatic carbocycles. The number of alkyl halides is 1. The first kappa shape index (κ1) is 24.5. The predicted molar refractivity (Wildman–Crippen MR) is 132 cm³/mol. The van der Waals surface area contributed by atoms with E-state index >= 15 is 0 Å². The zero-order valence-corrected chi connectivity index (χ0v) is 21.4. The molecule has 3 N–H and O–H groups in total. The first-order valence-electron chi connectivity index (χ1n) is 11.7. The number of aliphatic hydroxyl groups excluding tert-OH is 1. The fourth-order valence-corrected chi connectivity index (χ4v) is 9.48. The average Bonchev–Trinajstić information content (AvgIpc) is 3.41. The van der Waals surface area contributed by atoms with Gasteiger partial charge >= 0.3 is 0 Å². The molecule has 4 rings (SSSR count). The molecule has 7 atom stereocenters. The van der Waals surface area contributed by atoms with Crippen LogP contribution in [0.15, 0.2) is 30.3 Å². The van der Waals surface area contributed by atoms with Gasteiger partial charge in [0.25, 0.3) is 0 Å². The van der Waals surface area contributed by atoms with Gasteiger partial charge in [0.05, 0.1) is 29.2 Å². The van der Waals surface area contributed by atoms with Gasteiger partial charge in [0.15, 0.2) is 0 Å². The van der Waals surface area contributed by atoms with Crippen molar-refractivity contribution < 1.29 is 19.5 Å². The Morgan fingerprint density at radius 3 is 2.64 bits per heavy atom. The Bertz CT molecular complexity index is 903. The van der Waals surface area contributed by atoms with Crippen molar-refractivity contribution in [2.75, 3.05) is 20.2 Å². The topological polar surface area (TPSA) is 98.7 Å². The lowest BCUT2D eigenvalue weighted by molar-refractivity contribution is -0.142. The lowest BCUT2D eigenvalue weighted by atomic mass is 9.70. The van der Waals surface area contributed by atoms with Crippen LogP contribution in [-0.4, -0.2) is 68.8 Å². The minimum absolute atomic E-state index is 0.0356. The van der Waals surface area contributed by atoms with Crippen molar-refractivity contribution >= 4 is 45.4 Å². The zero-order valence-electron chi connectivity index (χ0n) is 19.0. The molecule has 2 bridgehead atoms. The molecular weight excluding hydrogens is 506 g/mol. The van der Waals surface area contributed by atoms with Crippen molar-refractivity contribution in [2.45, 2.75) is 59.5 Å². The summed E-state index contributed by atoms with van der Waals surface area (Å²) in [7, 11) is 1.59. The van der Waals surface area contributed by atoms with Crippen LogP contribution < -0.4 is 10.6 Å². The maximum absolute atomic E-state index is 14.0. The van der Waals surface area contributed by atoms with Gasteiger partial charge in [-0.15, -0.1) is 11.8 Å². The number of halogens is 1. The first-order chi connectivity index (χ1) is 15.9. The summed E-state index contributed by atoms with van der Waals surface area (Å²) in [4.78, 5) is 42.2. The lowest BCUT2D eigenvalue weighted by Gasteiger charge is -2.37. The fourth-order valence-electron chi connectivity index (χ4n) is 5.88. The van der Waals surface area contributed by atoms with Crippen LogP contribution in [0.5, 0.6) is 0 Å². The van der Waals surface area contributed by atoms with Gasteiger partial charge in [0.2, 0.25) is 17.7 Å². The second-order valence-corrected chi connectivity index (χ2v) is 11.8. The van der Waals surface area contributed by atoms with E-state index in [9.17, 15) is 19.5 Å². The van der Waals surface area contributed by atoms with Gasteiger partial charge in [0, 0.05) is 23.7 Å². The Kier molecular flexibility index (Phi) is 7.41. The highest BCUT2D eigenvalue weighted by Crippen LogP contribution is 2.68. The van der Waals surface area contributed by atoms with E-state index < -0.39 is 28.7 Å². The number of carbonyl (C=O) groups excluding carboxylic acids is 3. The third-order valence-electron chi connectivity index (χ3n) is 7.30. The molecule has 3 aliphatic rings. The largest absolute Gasteiger partial charge is 0.394 e. The highest BCUT2D eigenvalue weighted by Gasteiger charge is 2.76. The Morgan fingerprint density at radius 2 is 2.00 bits per heavy atom. The Labute approximate surface area is 207 Å². The lowest BCUT2D eigenvalue weighted by Crippen LogP contribution is -2.55. The first-order valence-corrected chi connectivity index (χ1v) is 13.5. The number of fused-ring (bicyclic) bond motifs is 1. The maximum atomic E-state index is 14.0. The third-order valence-corrected chi connectivity index (χ3v) is 10.5. The molecule has 0 saturated carbocycles. The normalized spacial score (nSPS) is 33.2. The molecule has 3 aliphatic heterocycles. The predicted octanol–water partition coefficient (Wildman–Crippen LogP) is 2.24. The van der Waals surface area contributed by atoms with E-state index in [0.717, 1.165) is 24.8 Å². The smallest absolute Gasteiger partial charge is 0.244 e. The van der Waals surface area contributed by atoms with Crippen molar-refractivity contribution in [3.63, 3.8) is 0 Å². The molecule has 33 heavy (non-hydrogen) atoms. The van der Waals surface area contributed by atoms with E-state index in [4.69, 9.17) is 0 Å². The second kappa shape index (κ2) is 9.96. The van der Waals surface area contributed by atoms with Crippen molar-refractivity contribution in [1.82, 2.24) is 15.5 Å². The molecule has 9 heteroatoms. The van der Waals surface area contributed by atoms with Gasteiger partial charge in [-0.05, 0) is 18.4 Å². The van der Waals surface area contributed by atoms with E-state index in [-0.39, 0.29) is 34.4 Å². The molecule has 0 radical (unpaired) electrons. The summed E-state index contributed by atoms with van der Waals surface area (Å²) in [6, 6.07) is 7.93. The number of unbranched alkanes of at least 4 members (excludes halogenated alkanes) is 2. The van der Waals surface area contributed by atoms with Crippen LogP contribution in [0.1, 0.15) is 44.2 Å². The van der Waals surface area contributed by atoms with Crippen LogP contribution in [0, 0.1) is 11.8 Å². The van der Waals surface area contributed by atoms with Gasteiger partial charge < -0.3 is 20.6 Å². The van der Waals surface area contributed by atoms with Crippen LogP contribution in [0.4, 0.5) is 0 Å². The monoisotopic (exact) mass is 537 g/mol. The molecule has 3 fully saturated rings. The standard InChI is InChI=1S/C24H32BrN3O4S/c1-3-4-8-11-27-22(31)20-24-12-15(25)19(33-24)17(21(30)26-2)18(24)23(32)28(20)16(13-29)14-9-6-5-7-10-14/h5-7,9-10,15-20,29H,3-4,8,11-13H2,1-2H3,(H,26,30)(H,27,31)/t15?,16-,17-,18+,19-,20?,24?/m1/s1. The van der Waals surface area contributed by atoms with E-state index in [1.165, 1.54) is 0 Å². The van der Waals surface area contributed by atoms with Crippen molar-refractivity contribution in [1.29, 1.82) is 0 Å². The quantitative estimate of drug-likeness (QED) is 0.331. The number of carbonyl (C=O) groups is 3. The number of hydrogen-bond acceptors (Lipinski definition) is 5. The van der Waals surface area contributed by atoms with Crippen LogP contribution in [-0.2, 0) is 14.4 Å². The summed E-state index contributed by atoms with van der Waals surface area (Å²) >= 11 is 5.35. The van der Waals surface area contributed by atoms with Gasteiger partial charge in [-0.2, -0.15) is 0 Å². The number of hydrogen-bond donors (Lipinski definition) is 3. The minimum Gasteiger partial charge on any atom is -0.394 e. The van der Waals surface area contributed by atoms with Crippen LogP contribution >= 0.6 is 27.7 Å². The van der Waals surface area contributed by atoms with E-state index in [1.807, 2.05) is 30.3 Å². The maximum Gasteiger partial charge on any atom is 0.244 e. The number of likely N-dealkylation sites (tertiary alicyclic amines) is 1. The molecule has 1 aromatic carbocycles. The highest BCUT2D eigenvalue weighted by molar-refractivity contribution is 9.09. The van der Waals surface area contributed by atoms with Crippen molar-refractivity contribution in [3.8, 4) is 0 Å². The highest BCUT2D eigenvalue weighted by atomic mass is 79.9. The Balaban J connectivity index is 1.76. The summed E-state index contributed by atoms with van der Waals surface area (Å²) in [5, 5.41) is 16.1. The Morgan fingerprint density at radius 1 is 1.27 bits per heavy atom. The molecule has 1 aromatic rings. The SMILES string of the molecule is CCCCCNC(=O)C1N([C@H](CO)c2ccccc2)C(=O)[C@@H]2[C@@H](C(=O)NC)[C@@H]3SC12CC3Br. The molecule has 0 aromatic heterocycles. The van der Waals surface area contributed by atoms with Gasteiger partial charge in [-0.25, -0.2) is 0 Å². The summed E-state index contributed by atoms with van der Waals surface area (Å²) in [5.74, 6) is -1.68. The van der Waals surface area contributed by atoms with Gasteiger partial charge in [-0.1, -0.05) is 66.0 Å². The molecular formula is C24H32BrN3O4S. The van der Waals surface area contributed by atoms with Gasteiger partial charge in [0.1, 0.15) is 6.04 Å². The molecule has 3 saturated heterocycles. The summed E-state index contributed by atoms with van der Waals surface area (Å²) in [6.07, 6.45) is 3.57.